The summed E-state index contributed by atoms with van der Waals surface area (Å²) in [7, 11) is 0. The van der Waals surface area contributed by atoms with Crippen LogP contribution in [0, 0.1) is 13.8 Å². The number of nitrogens with two attached hydrogens (primary N) is 1. The molecular weight excluding hydrogens is 347 g/mol. The minimum absolute atomic E-state index is 0. The van der Waals surface area contributed by atoms with Gasteiger partial charge in [-0.3, -0.25) is 4.99 Å². The van der Waals surface area contributed by atoms with Crippen molar-refractivity contribution in [3.8, 4) is 0 Å². The van der Waals surface area contributed by atoms with Crippen LogP contribution in [0.5, 0.6) is 0 Å². The molecule has 0 aliphatic rings. The number of nitrogens with zero attached hydrogens (tertiary/aromatic N) is 2. The molecule has 0 radical (unpaired) electrons. The number of hydrogen-bond donors (Lipinski definition) is 2. The molecule has 4 nitrogen and oxygen atoms in total. The van der Waals surface area contributed by atoms with Crippen LogP contribution < -0.4 is 11.1 Å². The molecule has 0 fully saturated rings. The largest absolute Gasteiger partial charge is 0.370 e. The van der Waals surface area contributed by atoms with Crippen LogP contribution in [0.3, 0.4) is 0 Å². The lowest BCUT2D eigenvalue weighted by atomic mass is 10.4. The molecule has 0 spiro atoms. The standard InChI is InChI=1S/C11H20N4S.HI/c1-4-6-13-11(12)14-7-5-10-15-8(2)9(3)16-10;/h4-7H2,1-3H3,(H3,12,13,14);1H. The van der Waals surface area contributed by atoms with E-state index in [9.17, 15) is 0 Å². The number of aryl methyl sites for hydroxylation is 2. The number of aromatic nitrogens is 1. The number of guanidine groups is 1. The lowest BCUT2D eigenvalue weighted by molar-refractivity contribution is 0.832. The molecule has 0 aromatic carbocycles. The Morgan fingerprint density at radius 3 is 2.71 bits per heavy atom. The zero-order valence-corrected chi connectivity index (χ0v) is 13.8. The number of nitrogens with one attached hydrogen (secondary N) is 1. The lowest BCUT2D eigenvalue weighted by Gasteiger charge is -2.03. The Morgan fingerprint density at radius 2 is 2.18 bits per heavy atom. The molecule has 1 rings (SSSR count). The Bertz CT molecular complexity index is 343. The van der Waals surface area contributed by atoms with Gasteiger partial charge in [-0.2, -0.15) is 0 Å². The highest BCUT2D eigenvalue weighted by Crippen LogP contribution is 2.16. The van der Waals surface area contributed by atoms with Gasteiger partial charge >= 0.3 is 0 Å². The summed E-state index contributed by atoms with van der Waals surface area (Å²) < 4.78 is 0. The monoisotopic (exact) mass is 368 g/mol. The molecule has 17 heavy (non-hydrogen) atoms. The average molecular weight is 368 g/mol. The van der Waals surface area contributed by atoms with Gasteiger partial charge in [0.1, 0.15) is 0 Å². The van der Waals surface area contributed by atoms with E-state index >= 15 is 0 Å². The van der Waals surface area contributed by atoms with Gasteiger partial charge in [-0.1, -0.05) is 6.92 Å². The summed E-state index contributed by atoms with van der Waals surface area (Å²) in [6.45, 7) is 7.80. The Morgan fingerprint density at radius 1 is 1.47 bits per heavy atom. The molecule has 0 atom stereocenters. The third-order valence-corrected chi connectivity index (χ3v) is 3.36. The lowest BCUT2D eigenvalue weighted by Crippen LogP contribution is -2.33. The number of rotatable bonds is 5. The van der Waals surface area contributed by atoms with Crippen LogP contribution in [0.2, 0.25) is 0 Å². The second-order valence-corrected chi connectivity index (χ2v) is 4.98. The molecule has 3 N–H and O–H groups in total. The predicted octanol–water partition coefficient (Wildman–Crippen LogP) is 2.23. The maximum absolute atomic E-state index is 5.68. The van der Waals surface area contributed by atoms with Gasteiger partial charge in [0.15, 0.2) is 5.96 Å². The molecule has 1 aromatic heterocycles. The number of halogens is 1. The third-order valence-electron chi connectivity index (χ3n) is 2.22. The first-order valence-corrected chi connectivity index (χ1v) is 6.41. The minimum Gasteiger partial charge on any atom is -0.370 e. The molecule has 1 heterocycles. The van der Waals surface area contributed by atoms with Crippen molar-refractivity contribution < 1.29 is 0 Å². The summed E-state index contributed by atoms with van der Waals surface area (Å²) >= 11 is 1.75. The summed E-state index contributed by atoms with van der Waals surface area (Å²) in [4.78, 5) is 9.92. The van der Waals surface area contributed by atoms with Crippen molar-refractivity contribution in [1.29, 1.82) is 0 Å². The van der Waals surface area contributed by atoms with Crippen molar-refractivity contribution in [3.63, 3.8) is 0 Å². The molecule has 0 unspecified atom stereocenters. The molecule has 0 saturated carbocycles. The second kappa shape index (κ2) is 8.68. The Labute approximate surface area is 124 Å². The van der Waals surface area contributed by atoms with E-state index in [1.807, 2.05) is 6.92 Å². The molecule has 0 bridgehead atoms. The first-order chi connectivity index (χ1) is 7.63. The molecule has 0 aliphatic carbocycles. The van der Waals surface area contributed by atoms with E-state index in [4.69, 9.17) is 5.73 Å². The molecule has 1 aromatic rings. The van der Waals surface area contributed by atoms with Crippen molar-refractivity contribution in [3.05, 3.63) is 15.6 Å². The van der Waals surface area contributed by atoms with E-state index in [-0.39, 0.29) is 24.0 Å². The highest BCUT2D eigenvalue weighted by atomic mass is 127. The SMILES string of the molecule is CCCN=C(N)NCCc1nc(C)c(C)s1.I. The topological polar surface area (TPSA) is 63.3 Å². The van der Waals surface area contributed by atoms with E-state index in [1.54, 1.807) is 11.3 Å². The molecule has 0 saturated heterocycles. The fraction of sp³-hybridized carbons (Fsp3) is 0.636. The first-order valence-electron chi connectivity index (χ1n) is 5.60. The molecular formula is C11H21IN4S. The quantitative estimate of drug-likeness (QED) is 0.476. The molecule has 0 aliphatic heterocycles. The number of hydrogen-bond acceptors (Lipinski definition) is 3. The van der Waals surface area contributed by atoms with Crippen LogP contribution in [-0.2, 0) is 6.42 Å². The summed E-state index contributed by atoms with van der Waals surface area (Å²) in [6.07, 6.45) is 1.93. The fourth-order valence-corrected chi connectivity index (χ4v) is 2.17. The van der Waals surface area contributed by atoms with Crippen LogP contribution in [0.15, 0.2) is 4.99 Å². The van der Waals surface area contributed by atoms with Gasteiger partial charge in [0.05, 0.1) is 10.7 Å². The van der Waals surface area contributed by atoms with Crippen LogP contribution in [0.25, 0.3) is 0 Å². The first kappa shape index (κ1) is 16.6. The summed E-state index contributed by atoms with van der Waals surface area (Å²) in [6, 6.07) is 0. The molecule has 6 heteroatoms. The third kappa shape index (κ3) is 6.21. The van der Waals surface area contributed by atoms with Gasteiger partial charge in [0.2, 0.25) is 0 Å². The fourth-order valence-electron chi connectivity index (χ4n) is 1.23. The van der Waals surface area contributed by atoms with Crippen LogP contribution in [0.1, 0.15) is 28.9 Å². The molecule has 0 amide bonds. The predicted molar refractivity (Wildman–Crippen MR) is 85.5 cm³/mol. The summed E-state index contributed by atoms with van der Waals surface area (Å²) in [5.74, 6) is 0.534. The highest BCUT2D eigenvalue weighted by molar-refractivity contribution is 14.0. The van der Waals surface area contributed by atoms with E-state index < -0.39 is 0 Å². The smallest absolute Gasteiger partial charge is 0.188 e. The van der Waals surface area contributed by atoms with Gasteiger partial charge in [-0.05, 0) is 20.3 Å². The zero-order chi connectivity index (χ0) is 12.0. The molecule has 98 valence electrons. The van der Waals surface area contributed by atoms with Gasteiger partial charge in [0.25, 0.3) is 0 Å². The van der Waals surface area contributed by atoms with E-state index in [1.165, 1.54) is 4.88 Å². The number of thiazole rings is 1. The van der Waals surface area contributed by atoms with E-state index in [0.717, 1.165) is 36.6 Å². The van der Waals surface area contributed by atoms with Crippen molar-refractivity contribution in [2.45, 2.75) is 33.6 Å². The van der Waals surface area contributed by atoms with Crippen LogP contribution >= 0.6 is 35.3 Å². The second-order valence-electron chi connectivity index (χ2n) is 3.69. The van der Waals surface area contributed by atoms with Crippen molar-refractivity contribution in [2.24, 2.45) is 10.7 Å². The van der Waals surface area contributed by atoms with Crippen LogP contribution in [-0.4, -0.2) is 24.0 Å². The maximum atomic E-state index is 5.68. The number of aliphatic imine (C=N–C) groups is 1. The highest BCUT2D eigenvalue weighted by Gasteiger charge is 2.02. The van der Waals surface area contributed by atoms with Gasteiger partial charge in [-0.25, -0.2) is 4.98 Å². The summed E-state index contributed by atoms with van der Waals surface area (Å²) in [5, 5.41) is 4.25. The Hall–Kier alpha value is -0.370. The zero-order valence-electron chi connectivity index (χ0n) is 10.6. The van der Waals surface area contributed by atoms with E-state index in [2.05, 4.69) is 29.1 Å². The normalized spacial score (nSPS) is 11.1. The van der Waals surface area contributed by atoms with E-state index in [0.29, 0.717) is 5.96 Å². The van der Waals surface area contributed by atoms with Crippen molar-refractivity contribution in [2.75, 3.05) is 13.1 Å². The van der Waals surface area contributed by atoms with Gasteiger partial charge in [-0.15, -0.1) is 35.3 Å². The van der Waals surface area contributed by atoms with Crippen LogP contribution in [0.4, 0.5) is 0 Å². The van der Waals surface area contributed by atoms with Crippen molar-refractivity contribution in [1.82, 2.24) is 10.3 Å². The van der Waals surface area contributed by atoms with Gasteiger partial charge in [0, 0.05) is 24.4 Å². The minimum atomic E-state index is 0. The Balaban J connectivity index is 0.00000256. The van der Waals surface area contributed by atoms with Gasteiger partial charge < -0.3 is 11.1 Å². The average Bonchev–Trinajstić information content (AvgIpc) is 2.55. The summed E-state index contributed by atoms with van der Waals surface area (Å²) in [5.41, 5.74) is 6.81. The Kier molecular flexibility index (Phi) is 8.49. The van der Waals surface area contributed by atoms with Crippen molar-refractivity contribution >= 4 is 41.3 Å². The maximum Gasteiger partial charge on any atom is 0.188 e.